The summed E-state index contributed by atoms with van der Waals surface area (Å²) >= 11 is 1.30. The van der Waals surface area contributed by atoms with E-state index < -0.39 is 20.2 Å². The summed E-state index contributed by atoms with van der Waals surface area (Å²) in [4.78, 5) is 23.5. The number of nitro groups is 1. The number of hydrogen-bond acceptors (Lipinski definition) is 6. The third kappa shape index (κ3) is 6.04. The Bertz CT molecular complexity index is 990. The lowest BCUT2D eigenvalue weighted by Gasteiger charge is -2.21. The first-order valence-corrected chi connectivity index (χ1v) is 11.6. The molecule has 0 saturated carbocycles. The van der Waals surface area contributed by atoms with Gasteiger partial charge in [-0.25, -0.2) is 8.42 Å². The minimum absolute atomic E-state index is 0.00139. The van der Waals surface area contributed by atoms with Gasteiger partial charge in [-0.3, -0.25) is 14.9 Å². The van der Waals surface area contributed by atoms with Crippen LogP contribution in [0, 0.1) is 10.1 Å². The Balaban J connectivity index is 1.93. The van der Waals surface area contributed by atoms with Gasteiger partial charge in [-0.1, -0.05) is 12.1 Å². The lowest BCUT2D eigenvalue weighted by atomic mass is 10.2. The molecule has 1 atom stereocenters. The fraction of sp³-hybridized carbons (Fsp3) is 0.350. The number of non-ortho nitro benzene ring substituents is 1. The highest BCUT2D eigenvalue weighted by atomic mass is 32.2. The third-order valence-electron chi connectivity index (χ3n) is 4.52. The lowest BCUT2D eigenvalue weighted by molar-refractivity contribution is -0.384. The van der Waals surface area contributed by atoms with E-state index in [9.17, 15) is 23.3 Å². The number of hydrogen-bond donors (Lipinski definition) is 1. The summed E-state index contributed by atoms with van der Waals surface area (Å²) in [5.74, 6) is -0.186. The lowest BCUT2D eigenvalue weighted by Crippen LogP contribution is -2.33. The van der Waals surface area contributed by atoms with Crippen LogP contribution in [0.1, 0.15) is 26.3 Å². The summed E-state index contributed by atoms with van der Waals surface area (Å²) in [6.45, 7) is 5.62. The molecule has 0 aliphatic heterocycles. The van der Waals surface area contributed by atoms with Crippen molar-refractivity contribution >= 4 is 33.4 Å². The molecule has 2 rings (SSSR count). The van der Waals surface area contributed by atoms with Crippen LogP contribution in [0.4, 0.5) is 5.69 Å². The van der Waals surface area contributed by atoms with Crippen LogP contribution in [-0.2, 0) is 21.4 Å². The van der Waals surface area contributed by atoms with Crippen molar-refractivity contribution < 1.29 is 18.1 Å². The van der Waals surface area contributed by atoms with Crippen LogP contribution >= 0.6 is 11.8 Å². The van der Waals surface area contributed by atoms with Gasteiger partial charge in [0.25, 0.3) is 5.69 Å². The maximum absolute atomic E-state index is 12.5. The predicted octanol–water partition coefficient (Wildman–Crippen LogP) is 3.42. The first-order chi connectivity index (χ1) is 14.0. The van der Waals surface area contributed by atoms with E-state index in [-0.39, 0.29) is 29.1 Å². The first-order valence-electron chi connectivity index (χ1n) is 9.28. The fourth-order valence-electron chi connectivity index (χ4n) is 2.46. The van der Waals surface area contributed by atoms with Gasteiger partial charge in [0.15, 0.2) is 0 Å². The fourth-order valence-corrected chi connectivity index (χ4v) is 4.72. The second-order valence-electron chi connectivity index (χ2n) is 6.99. The Morgan fingerprint density at radius 2 is 1.67 bits per heavy atom. The largest absolute Gasteiger partial charge is 0.351 e. The van der Waals surface area contributed by atoms with E-state index in [4.69, 9.17) is 0 Å². The number of nitrogens with zero attached hydrogens (tertiary/aromatic N) is 2. The second-order valence-corrected chi connectivity index (χ2v) is 10.4. The van der Waals surface area contributed by atoms with Crippen molar-refractivity contribution in [2.24, 2.45) is 0 Å². The van der Waals surface area contributed by atoms with Gasteiger partial charge in [0.2, 0.25) is 15.9 Å². The van der Waals surface area contributed by atoms with E-state index in [1.807, 2.05) is 0 Å². The van der Waals surface area contributed by atoms with E-state index in [2.05, 4.69) is 5.32 Å². The topological polar surface area (TPSA) is 110 Å². The highest BCUT2D eigenvalue weighted by Crippen LogP contribution is 2.25. The summed E-state index contributed by atoms with van der Waals surface area (Å²) < 4.78 is 26.3. The number of carbonyl (C=O) groups excluding carboxylic acids is 1. The zero-order valence-electron chi connectivity index (χ0n) is 17.2. The van der Waals surface area contributed by atoms with Gasteiger partial charge in [-0.15, -0.1) is 11.8 Å². The molecule has 0 heterocycles. The van der Waals surface area contributed by atoms with E-state index in [1.54, 1.807) is 45.0 Å². The third-order valence-corrected chi connectivity index (χ3v) is 7.68. The molecule has 0 bridgehead atoms. The Hall–Kier alpha value is -2.43. The van der Waals surface area contributed by atoms with Crippen LogP contribution in [-0.4, -0.2) is 41.9 Å². The number of thioether (sulfide) groups is 1. The average Bonchev–Trinajstić information content (AvgIpc) is 2.71. The molecule has 0 radical (unpaired) electrons. The van der Waals surface area contributed by atoms with Crippen molar-refractivity contribution in [2.45, 2.75) is 48.4 Å². The van der Waals surface area contributed by atoms with Crippen LogP contribution in [0.25, 0.3) is 0 Å². The standard InChI is InChI=1S/C20H25N3O5S2/c1-14(2)22(4)30(27,28)19-11-5-16(6-12-19)13-21-20(24)15(3)29-18-9-7-17(8-10-18)23(25)26/h5-12,14-15H,13H2,1-4H3,(H,21,24). The predicted molar refractivity (Wildman–Crippen MR) is 117 cm³/mol. The molecule has 2 aromatic rings. The molecule has 0 saturated heterocycles. The SMILES string of the molecule is CC(Sc1ccc([N+](=O)[O-])cc1)C(=O)NCc1ccc(S(=O)(=O)N(C)C(C)C)cc1. The Labute approximate surface area is 180 Å². The van der Waals surface area contributed by atoms with Crippen molar-refractivity contribution in [3.63, 3.8) is 0 Å². The molecular formula is C20H25N3O5S2. The number of sulfonamides is 1. The minimum atomic E-state index is -3.54. The smallest absolute Gasteiger partial charge is 0.269 e. The van der Waals surface area contributed by atoms with Crippen LogP contribution < -0.4 is 5.32 Å². The molecule has 0 aliphatic carbocycles. The molecule has 10 heteroatoms. The van der Waals surface area contributed by atoms with E-state index in [1.165, 1.54) is 47.4 Å². The molecule has 1 N–H and O–H groups in total. The minimum Gasteiger partial charge on any atom is -0.351 e. The summed E-state index contributed by atoms with van der Waals surface area (Å²) in [6, 6.07) is 12.3. The maximum Gasteiger partial charge on any atom is 0.269 e. The normalized spacial score (nSPS) is 12.7. The van der Waals surface area contributed by atoms with Crippen molar-refractivity contribution in [2.75, 3.05) is 7.05 Å². The number of rotatable bonds is 9. The van der Waals surface area contributed by atoms with Crippen molar-refractivity contribution in [1.82, 2.24) is 9.62 Å². The van der Waals surface area contributed by atoms with Crippen LogP contribution in [0.3, 0.4) is 0 Å². The zero-order chi connectivity index (χ0) is 22.5. The van der Waals surface area contributed by atoms with Gasteiger partial charge in [-0.2, -0.15) is 4.31 Å². The molecule has 0 aromatic heterocycles. The number of amides is 1. The molecule has 1 unspecified atom stereocenters. The van der Waals surface area contributed by atoms with Crippen LogP contribution in [0.2, 0.25) is 0 Å². The number of carbonyl (C=O) groups is 1. The molecular weight excluding hydrogens is 426 g/mol. The molecule has 0 fully saturated rings. The quantitative estimate of drug-likeness (QED) is 0.355. The highest BCUT2D eigenvalue weighted by molar-refractivity contribution is 8.00. The zero-order valence-corrected chi connectivity index (χ0v) is 18.9. The number of benzene rings is 2. The Kier molecular flexibility index (Phi) is 7.99. The molecule has 1 amide bonds. The van der Waals surface area contributed by atoms with Gasteiger partial charge in [-0.05, 0) is 50.6 Å². The molecule has 2 aromatic carbocycles. The van der Waals surface area contributed by atoms with Gasteiger partial charge in [0.1, 0.15) is 0 Å². The summed E-state index contributed by atoms with van der Waals surface area (Å²) in [5.41, 5.74) is 0.781. The summed E-state index contributed by atoms with van der Waals surface area (Å²) in [7, 11) is -2.00. The first kappa shape index (κ1) is 23.8. The Morgan fingerprint density at radius 1 is 1.10 bits per heavy atom. The monoisotopic (exact) mass is 451 g/mol. The highest BCUT2D eigenvalue weighted by Gasteiger charge is 2.23. The Morgan fingerprint density at radius 3 is 2.17 bits per heavy atom. The summed E-state index contributed by atoms with van der Waals surface area (Å²) in [5, 5.41) is 13.1. The van der Waals surface area contributed by atoms with Gasteiger partial charge >= 0.3 is 0 Å². The molecule has 30 heavy (non-hydrogen) atoms. The molecule has 162 valence electrons. The maximum atomic E-state index is 12.5. The molecule has 0 spiro atoms. The molecule has 0 aliphatic rings. The van der Waals surface area contributed by atoms with Crippen molar-refractivity contribution in [3.8, 4) is 0 Å². The van der Waals surface area contributed by atoms with Crippen LogP contribution in [0.5, 0.6) is 0 Å². The van der Waals surface area contributed by atoms with Crippen molar-refractivity contribution in [1.29, 1.82) is 0 Å². The van der Waals surface area contributed by atoms with Gasteiger partial charge in [0, 0.05) is 36.7 Å². The van der Waals surface area contributed by atoms with Crippen LogP contribution in [0.15, 0.2) is 58.3 Å². The van der Waals surface area contributed by atoms with E-state index in [0.29, 0.717) is 0 Å². The average molecular weight is 452 g/mol. The van der Waals surface area contributed by atoms with E-state index in [0.717, 1.165) is 10.5 Å². The summed E-state index contributed by atoms with van der Waals surface area (Å²) in [6.07, 6.45) is 0. The number of nitrogens with one attached hydrogen (secondary N) is 1. The second kappa shape index (κ2) is 10.1. The molecule has 8 nitrogen and oxygen atoms in total. The van der Waals surface area contributed by atoms with Gasteiger partial charge < -0.3 is 5.32 Å². The van der Waals surface area contributed by atoms with E-state index >= 15 is 0 Å². The number of nitro benzene ring substituents is 1. The van der Waals surface area contributed by atoms with Gasteiger partial charge in [0.05, 0.1) is 15.1 Å². The van der Waals surface area contributed by atoms with Crippen molar-refractivity contribution in [3.05, 3.63) is 64.2 Å².